The van der Waals surface area contributed by atoms with Crippen LogP contribution in [0.4, 0.5) is 39.5 Å². The molecule has 0 aliphatic heterocycles. The fraction of sp³-hybridized carbons (Fsp3) is 0.316. The van der Waals surface area contributed by atoms with E-state index in [4.69, 9.17) is 5.26 Å². The summed E-state index contributed by atoms with van der Waals surface area (Å²) in [6.07, 6.45) is -20.1. The van der Waals surface area contributed by atoms with Gasteiger partial charge in [-0.1, -0.05) is 0 Å². The fourth-order valence-corrected chi connectivity index (χ4v) is 2.92. The number of aliphatic hydroxyl groups excluding tert-OH is 2. The molecule has 176 valence electrons. The van der Waals surface area contributed by atoms with E-state index in [1.807, 2.05) is 0 Å². The van der Waals surface area contributed by atoms with Crippen molar-refractivity contribution in [2.24, 2.45) is 5.92 Å². The molecule has 1 aromatic carbocycles. The number of nitriles is 2. The first-order valence-electron chi connectivity index (χ1n) is 8.53. The van der Waals surface area contributed by atoms with E-state index in [2.05, 4.69) is 4.98 Å². The van der Waals surface area contributed by atoms with Crippen LogP contribution in [0.15, 0.2) is 30.5 Å². The quantitative estimate of drug-likeness (QED) is 0.602. The molecule has 1 aromatic heterocycles. The number of pyridine rings is 1. The molecule has 0 amide bonds. The smallest absolute Gasteiger partial charge is 0.387 e. The first-order valence-corrected chi connectivity index (χ1v) is 8.53. The van der Waals surface area contributed by atoms with Gasteiger partial charge in [-0.25, -0.2) is 0 Å². The van der Waals surface area contributed by atoms with E-state index in [0.29, 0.717) is 12.3 Å². The Kier molecular flexibility index (Phi) is 6.97. The summed E-state index contributed by atoms with van der Waals surface area (Å²) in [7, 11) is 0. The van der Waals surface area contributed by atoms with E-state index >= 15 is 0 Å². The van der Waals surface area contributed by atoms with E-state index < -0.39 is 70.2 Å². The van der Waals surface area contributed by atoms with Crippen LogP contribution in [0, 0.1) is 28.6 Å². The zero-order valence-electron chi connectivity index (χ0n) is 15.8. The van der Waals surface area contributed by atoms with Crippen molar-refractivity contribution >= 4 is 0 Å². The predicted molar refractivity (Wildman–Crippen MR) is 89.4 cm³/mol. The topological polar surface area (TPSA) is 101 Å². The number of alkyl halides is 9. The molecule has 0 aliphatic carbocycles. The molecule has 3 unspecified atom stereocenters. The molecule has 0 aliphatic rings. The van der Waals surface area contributed by atoms with Crippen LogP contribution in [-0.4, -0.2) is 15.2 Å². The summed E-state index contributed by atoms with van der Waals surface area (Å²) < 4.78 is 118. The van der Waals surface area contributed by atoms with Gasteiger partial charge < -0.3 is 10.2 Å². The molecule has 0 fully saturated rings. The van der Waals surface area contributed by atoms with E-state index in [1.165, 1.54) is 6.07 Å². The van der Waals surface area contributed by atoms with Gasteiger partial charge in [-0.15, -0.1) is 0 Å². The van der Waals surface area contributed by atoms with E-state index in [1.54, 1.807) is 0 Å². The van der Waals surface area contributed by atoms with Crippen molar-refractivity contribution in [2.45, 2.75) is 30.7 Å². The van der Waals surface area contributed by atoms with E-state index in [-0.39, 0.29) is 12.1 Å². The molecule has 0 saturated heterocycles. The van der Waals surface area contributed by atoms with Gasteiger partial charge in [-0.2, -0.15) is 50.0 Å². The van der Waals surface area contributed by atoms with Crippen LogP contribution in [0.25, 0.3) is 0 Å². The van der Waals surface area contributed by atoms with Crippen LogP contribution in [0.2, 0.25) is 0 Å². The molecule has 14 heteroatoms. The van der Waals surface area contributed by atoms with Crippen LogP contribution in [0.1, 0.15) is 45.7 Å². The molecule has 0 radical (unpaired) electrons. The van der Waals surface area contributed by atoms with Gasteiger partial charge in [0.25, 0.3) is 0 Å². The molecule has 0 saturated carbocycles. The summed E-state index contributed by atoms with van der Waals surface area (Å²) in [6, 6.07) is 3.21. The van der Waals surface area contributed by atoms with Crippen molar-refractivity contribution in [1.29, 1.82) is 10.5 Å². The number of hydrogen-bond acceptors (Lipinski definition) is 5. The van der Waals surface area contributed by atoms with Crippen LogP contribution < -0.4 is 0 Å². The molecule has 2 rings (SSSR count). The Labute approximate surface area is 178 Å². The van der Waals surface area contributed by atoms with Crippen LogP contribution in [0.3, 0.4) is 0 Å². The number of benzene rings is 1. The lowest BCUT2D eigenvalue weighted by Gasteiger charge is -2.25. The molecule has 3 atom stereocenters. The van der Waals surface area contributed by atoms with Gasteiger partial charge in [0.2, 0.25) is 0 Å². The Bertz CT molecular complexity index is 1080. The van der Waals surface area contributed by atoms with Crippen LogP contribution in [0.5, 0.6) is 0 Å². The molecule has 2 N–H and O–H groups in total. The van der Waals surface area contributed by atoms with Crippen molar-refractivity contribution < 1.29 is 49.7 Å². The molecular weight excluding hydrogens is 473 g/mol. The van der Waals surface area contributed by atoms with Crippen molar-refractivity contribution in [1.82, 2.24) is 4.98 Å². The Morgan fingerprint density at radius 1 is 0.758 bits per heavy atom. The summed E-state index contributed by atoms with van der Waals surface area (Å²) in [5, 5.41) is 38.7. The lowest BCUT2D eigenvalue weighted by molar-refractivity contribution is -0.144. The number of aromatic nitrogens is 1. The number of aliphatic hydroxyl groups is 2. The Morgan fingerprint density at radius 2 is 1.24 bits per heavy atom. The van der Waals surface area contributed by atoms with Gasteiger partial charge in [-0.05, 0) is 35.4 Å². The summed E-state index contributed by atoms with van der Waals surface area (Å²) >= 11 is 0. The third kappa shape index (κ3) is 5.53. The SMILES string of the molecule is N#Cc1c(C(F)(F)F)cc(C(O)C(C#N)C(O)c2ccnc(C(F)(F)F)c2)cc1C(F)(F)F. The van der Waals surface area contributed by atoms with Crippen LogP contribution in [-0.2, 0) is 18.5 Å². The Balaban J connectivity index is 2.62. The molecule has 2 aromatic rings. The molecule has 0 bridgehead atoms. The third-order valence-electron chi connectivity index (χ3n) is 4.47. The van der Waals surface area contributed by atoms with Gasteiger partial charge in [0.1, 0.15) is 17.7 Å². The zero-order chi connectivity index (χ0) is 25.4. The van der Waals surface area contributed by atoms with E-state index in [0.717, 1.165) is 12.1 Å². The minimum Gasteiger partial charge on any atom is -0.387 e. The van der Waals surface area contributed by atoms with Crippen molar-refractivity contribution in [3.05, 3.63) is 64.0 Å². The Morgan fingerprint density at radius 3 is 1.64 bits per heavy atom. The maximum Gasteiger partial charge on any atom is 0.433 e. The predicted octanol–water partition coefficient (Wildman–Crippen LogP) is 4.92. The zero-order valence-corrected chi connectivity index (χ0v) is 15.8. The average molecular weight is 483 g/mol. The number of nitrogens with zero attached hydrogens (tertiary/aromatic N) is 3. The number of rotatable bonds is 4. The van der Waals surface area contributed by atoms with Crippen molar-refractivity contribution in [2.75, 3.05) is 0 Å². The minimum absolute atomic E-state index is 0.00319. The highest BCUT2D eigenvalue weighted by Crippen LogP contribution is 2.43. The highest BCUT2D eigenvalue weighted by molar-refractivity contribution is 5.50. The second-order valence-corrected chi connectivity index (χ2v) is 6.62. The van der Waals surface area contributed by atoms with Gasteiger partial charge in [-0.3, -0.25) is 4.98 Å². The summed E-state index contributed by atoms with van der Waals surface area (Å²) in [6.45, 7) is 0. The first-order chi connectivity index (χ1) is 15.0. The Hall–Kier alpha value is -3.36. The minimum atomic E-state index is -5.46. The lowest BCUT2D eigenvalue weighted by atomic mass is 9.86. The van der Waals surface area contributed by atoms with Gasteiger partial charge >= 0.3 is 18.5 Å². The highest BCUT2D eigenvalue weighted by Gasteiger charge is 2.43. The van der Waals surface area contributed by atoms with Gasteiger partial charge in [0, 0.05) is 6.20 Å². The molecule has 33 heavy (non-hydrogen) atoms. The fourth-order valence-electron chi connectivity index (χ4n) is 2.92. The maximum absolute atomic E-state index is 13.3. The maximum atomic E-state index is 13.3. The lowest BCUT2D eigenvalue weighted by Crippen LogP contribution is -2.22. The number of halogens is 9. The largest absolute Gasteiger partial charge is 0.433 e. The molecule has 0 spiro atoms. The summed E-state index contributed by atoms with van der Waals surface area (Å²) in [5.41, 5.74) is -9.13. The van der Waals surface area contributed by atoms with Crippen molar-refractivity contribution in [3.63, 3.8) is 0 Å². The van der Waals surface area contributed by atoms with Crippen molar-refractivity contribution in [3.8, 4) is 12.1 Å². The molecule has 1 heterocycles. The molecular formula is C19H10F9N3O2. The first kappa shape index (κ1) is 25.9. The second kappa shape index (κ2) is 8.88. The monoisotopic (exact) mass is 483 g/mol. The second-order valence-electron chi connectivity index (χ2n) is 6.62. The van der Waals surface area contributed by atoms with Gasteiger partial charge in [0.15, 0.2) is 0 Å². The average Bonchev–Trinajstić information content (AvgIpc) is 2.71. The summed E-state index contributed by atoms with van der Waals surface area (Å²) in [5.74, 6) is -2.19. The summed E-state index contributed by atoms with van der Waals surface area (Å²) in [4.78, 5) is 3.02. The normalized spacial score (nSPS) is 15.3. The van der Waals surface area contributed by atoms with E-state index in [9.17, 15) is 55.0 Å². The van der Waals surface area contributed by atoms with Gasteiger partial charge in [0.05, 0.1) is 35.0 Å². The standard InChI is InChI=1S/C19H10F9N3O2/c20-17(21,22)12-3-9(4-13(10(12)6-29)18(23,24)25)16(33)11(7-30)15(32)8-1-2-31-14(5-8)19(26,27)28/h1-5,11,15-16,32-33H. The third-order valence-corrected chi connectivity index (χ3v) is 4.47. The number of hydrogen-bond donors (Lipinski definition) is 2. The molecule has 5 nitrogen and oxygen atoms in total. The highest BCUT2D eigenvalue weighted by atomic mass is 19.4. The van der Waals surface area contributed by atoms with Crippen LogP contribution >= 0.6 is 0 Å².